The Morgan fingerprint density at radius 2 is 1.94 bits per heavy atom. The molecule has 0 saturated heterocycles. The highest BCUT2D eigenvalue weighted by atomic mass is 35.5. The van der Waals surface area contributed by atoms with Gasteiger partial charge in [-0.2, -0.15) is 0 Å². The summed E-state index contributed by atoms with van der Waals surface area (Å²) in [6, 6.07) is 9.81. The SMILES string of the molecule is O=C(O)CC(Cl)(Cl)C1(c2ccccc2)C2CC21. The van der Waals surface area contributed by atoms with Crippen molar-refractivity contribution in [3.05, 3.63) is 35.9 Å². The molecule has 2 nitrogen and oxygen atoms in total. The molecular weight excluding hydrogens is 259 g/mol. The molecular formula is C13H12Cl2O2. The Bertz CT molecular complexity index is 462. The number of hydrogen-bond acceptors (Lipinski definition) is 1. The van der Waals surface area contributed by atoms with Crippen LogP contribution in [0.15, 0.2) is 30.3 Å². The molecule has 17 heavy (non-hydrogen) atoms. The van der Waals surface area contributed by atoms with Gasteiger partial charge in [-0.05, 0) is 23.8 Å². The number of alkyl halides is 2. The second-order valence-corrected chi connectivity index (χ2v) is 6.44. The van der Waals surface area contributed by atoms with E-state index in [0.717, 1.165) is 12.0 Å². The Balaban J connectivity index is 1.97. The average molecular weight is 271 g/mol. The van der Waals surface area contributed by atoms with Gasteiger partial charge < -0.3 is 5.11 Å². The van der Waals surface area contributed by atoms with Gasteiger partial charge in [0, 0.05) is 5.41 Å². The molecule has 4 heteroatoms. The lowest BCUT2D eigenvalue weighted by Gasteiger charge is -2.34. The zero-order valence-electron chi connectivity index (χ0n) is 9.07. The Morgan fingerprint density at radius 1 is 1.35 bits per heavy atom. The van der Waals surface area contributed by atoms with Crippen molar-refractivity contribution in [2.24, 2.45) is 11.8 Å². The van der Waals surface area contributed by atoms with Crippen LogP contribution >= 0.6 is 23.2 Å². The lowest BCUT2D eigenvalue weighted by atomic mass is 9.81. The van der Waals surface area contributed by atoms with Gasteiger partial charge in [-0.3, -0.25) is 4.79 Å². The second-order valence-electron chi connectivity index (χ2n) is 4.96. The molecule has 0 aromatic heterocycles. The summed E-state index contributed by atoms with van der Waals surface area (Å²) in [5.41, 5.74) is 0.753. The minimum atomic E-state index is -1.20. The zero-order chi connectivity index (χ0) is 12.3. The van der Waals surface area contributed by atoms with Gasteiger partial charge in [-0.15, -0.1) is 0 Å². The first-order valence-corrected chi connectivity index (χ1v) is 6.41. The van der Waals surface area contributed by atoms with E-state index in [1.807, 2.05) is 30.3 Å². The van der Waals surface area contributed by atoms with E-state index in [-0.39, 0.29) is 11.8 Å². The van der Waals surface area contributed by atoms with Crippen molar-refractivity contribution in [1.29, 1.82) is 0 Å². The molecule has 2 aliphatic rings. The van der Waals surface area contributed by atoms with Gasteiger partial charge in [0.15, 0.2) is 0 Å². The smallest absolute Gasteiger partial charge is 0.306 e. The highest BCUT2D eigenvalue weighted by Crippen LogP contribution is 2.83. The van der Waals surface area contributed by atoms with Crippen molar-refractivity contribution in [1.82, 2.24) is 0 Å². The average Bonchev–Trinajstić information content (AvgIpc) is 3.05. The topological polar surface area (TPSA) is 37.3 Å². The van der Waals surface area contributed by atoms with E-state index in [1.54, 1.807) is 0 Å². The number of fused-ring (bicyclic) bond motifs is 1. The lowest BCUT2D eigenvalue weighted by molar-refractivity contribution is -0.137. The number of rotatable bonds is 4. The molecule has 90 valence electrons. The Morgan fingerprint density at radius 3 is 2.35 bits per heavy atom. The van der Waals surface area contributed by atoms with E-state index in [2.05, 4.69) is 0 Å². The molecule has 2 fully saturated rings. The largest absolute Gasteiger partial charge is 0.481 e. The first-order valence-electron chi connectivity index (χ1n) is 5.65. The third-order valence-electron chi connectivity index (χ3n) is 4.08. The summed E-state index contributed by atoms with van der Waals surface area (Å²) in [6.07, 6.45) is 0.910. The summed E-state index contributed by atoms with van der Waals surface area (Å²) in [7, 11) is 0. The van der Waals surface area contributed by atoms with E-state index in [9.17, 15) is 4.79 Å². The van der Waals surface area contributed by atoms with E-state index in [4.69, 9.17) is 28.3 Å². The van der Waals surface area contributed by atoms with Crippen LogP contribution in [0.1, 0.15) is 18.4 Å². The zero-order valence-corrected chi connectivity index (χ0v) is 10.6. The third-order valence-corrected chi connectivity index (χ3v) is 4.97. The van der Waals surface area contributed by atoms with Crippen LogP contribution in [-0.2, 0) is 10.2 Å². The number of aliphatic carboxylic acids is 1. The van der Waals surface area contributed by atoms with Crippen LogP contribution in [0.2, 0.25) is 0 Å². The second kappa shape index (κ2) is 3.39. The van der Waals surface area contributed by atoms with Crippen LogP contribution in [-0.4, -0.2) is 15.4 Å². The molecule has 0 bridgehead atoms. The third kappa shape index (κ3) is 1.44. The molecule has 1 aromatic rings. The molecule has 2 atom stereocenters. The predicted molar refractivity (Wildman–Crippen MR) is 66.4 cm³/mol. The fourth-order valence-electron chi connectivity index (χ4n) is 3.18. The van der Waals surface area contributed by atoms with Crippen molar-refractivity contribution in [2.75, 3.05) is 0 Å². The summed E-state index contributed by atoms with van der Waals surface area (Å²) in [5.74, 6) is -0.00453. The summed E-state index contributed by atoms with van der Waals surface area (Å²) in [5, 5.41) is 8.92. The van der Waals surface area contributed by atoms with Gasteiger partial charge in [0.05, 0.1) is 6.42 Å². The highest BCUT2D eigenvalue weighted by molar-refractivity contribution is 6.50. The maximum Gasteiger partial charge on any atom is 0.306 e. The van der Waals surface area contributed by atoms with Gasteiger partial charge in [0.25, 0.3) is 0 Å². The van der Waals surface area contributed by atoms with E-state index in [0.29, 0.717) is 11.8 Å². The molecule has 2 saturated carbocycles. The number of carboxylic acids is 1. The molecule has 2 aliphatic carbocycles. The minimum Gasteiger partial charge on any atom is -0.481 e. The van der Waals surface area contributed by atoms with Crippen LogP contribution in [0.4, 0.5) is 0 Å². The molecule has 0 amide bonds. The summed E-state index contributed by atoms with van der Waals surface area (Å²) >= 11 is 12.7. The van der Waals surface area contributed by atoms with E-state index in [1.165, 1.54) is 0 Å². The lowest BCUT2D eigenvalue weighted by Crippen LogP contribution is -2.39. The fourth-order valence-corrected chi connectivity index (χ4v) is 4.18. The number of benzene rings is 1. The fraction of sp³-hybridized carbons (Fsp3) is 0.462. The Kier molecular flexibility index (Phi) is 2.27. The van der Waals surface area contributed by atoms with Crippen molar-refractivity contribution in [2.45, 2.75) is 22.6 Å². The summed E-state index contributed by atoms with van der Waals surface area (Å²) in [6.45, 7) is 0. The monoisotopic (exact) mass is 270 g/mol. The van der Waals surface area contributed by atoms with Gasteiger partial charge in [0.2, 0.25) is 0 Å². The normalized spacial score (nSPS) is 34.0. The van der Waals surface area contributed by atoms with E-state index < -0.39 is 10.3 Å². The Hall–Kier alpha value is -0.730. The predicted octanol–water partition coefficient (Wildman–Crippen LogP) is 3.22. The first kappa shape index (κ1) is 11.4. The standard InChI is InChI=1S/C13H12Cl2O2/c14-12(15,7-11(16)17)13(9-6-10(9)13)8-4-2-1-3-5-8/h1-5,9-10H,6-7H2,(H,16,17). The molecule has 0 aliphatic heterocycles. The van der Waals surface area contributed by atoms with Crippen LogP contribution in [0.25, 0.3) is 0 Å². The van der Waals surface area contributed by atoms with Gasteiger partial charge in [0.1, 0.15) is 4.33 Å². The number of hydrogen-bond donors (Lipinski definition) is 1. The van der Waals surface area contributed by atoms with Crippen LogP contribution in [0.5, 0.6) is 0 Å². The van der Waals surface area contributed by atoms with Gasteiger partial charge >= 0.3 is 5.97 Å². The Labute approximate surface area is 110 Å². The van der Waals surface area contributed by atoms with Gasteiger partial charge in [-0.25, -0.2) is 0 Å². The molecule has 1 aromatic carbocycles. The maximum atomic E-state index is 10.9. The molecule has 0 spiro atoms. The van der Waals surface area contributed by atoms with Crippen LogP contribution < -0.4 is 0 Å². The number of halogens is 2. The summed E-state index contributed by atoms with van der Waals surface area (Å²) in [4.78, 5) is 10.9. The summed E-state index contributed by atoms with van der Waals surface area (Å²) < 4.78 is -1.20. The quantitative estimate of drug-likeness (QED) is 0.854. The van der Waals surface area contributed by atoms with Crippen LogP contribution in [0.3, 0.4) is 0 Å². The maximum absolute atomic E-state index is 10.9. The minimum absolute atomic E-state index is 0.210. The number of carbonyl (C=O) groups is 1. The van der Waals surface area contributed by atoms with Crippen LogP contribution in [0, 0.1) is 11.8 Å². The van der Waals surface area contributed by atoms with E-state index >= 15 is 0 Å². The van der Waals surface area contributed by atoms with Crippen molar-refractivity contribution >= 4 is 29.2 Å². The molecule has 2 unspecified atom stereocenters. The van der Waals surface area contributed by atoms with Crippen molar-refractivity contribution in [3.63, 3.8) is 0 Å². The molecule has 0 radical (unpaired) electrons. The molecule has 1 N–H and O–H groups in total. The molecule has 0 heterocycles. The van der Waals surface area contributed by atoms with Crippen molar-refractivity contribution in [3.8, 4) is 0 Å². The van der Waals surface area contributed by atoms with Gasteiger partial charge in [-0.1, -0.05) is 53.5 Å². The molecule has 3 rings (SSSR count). The number of carboxylic acid groups (broad SMARTS) is 1. The van der Waals surface area contributed by atoms with Crippen molar-refractivity contribution < 1.29 is 9.90 Å². The highest BCUT2D eigenvalue weighted by Gasteiger charge is 2.83. The first-order chi connectivity index (χ1) is 8.00.